The molecule has 0 unspecified atom stereocenters. The molecule has 1 aromatic carbocycles. The number of halogens is 1. The molecule has 6 nitrogen and oxygen atoms in total. The van der Waals surface area contributed by atoms with Crippen molar-refractivity contribution >= 4 is 27.6 Å². The Morgan fingerprint density at radius 3 is 2.52 bits per heavy atom. The van der Waals surface area contributed by atoms with E-state index in [0.717, 1.165) is 0 Å². The number of carboxylic acids is 1. The quantitative estimate of drug-likeness (QED) is 0.829. The molecule has 114 valence electrons. The second-order valence-electron chi connectivity index (χ2n) is 4.90. The van der Waals surface area contributed by atoms with Gasteiger partial charge in [-0.1, -0.05) is 25.4 Å². The molecule has 2 N–H and O–H groups in total. The summed E-state index contributed by atoms with van der Waals surface area (Å²) in [7, 11) is -4.08. The van der Waals surface area contributed by atoms with Crippen molar-refractivity contribution in [3.05, 3.63) is 28.8 Å². The largest absolute Gasteiger partial charge is 0.480 e. The Morgan fingerprint density at radius 2 is 2.10 bits per heavy atom. The predicted molar refractivity (Wildman–Crippen MR) is 77.4 cm³/mol. The van der Waals surface area contributed by atoms with Gasteiger partial charge in [-0.05, 0) is 30.5 Å². The third kappa shape index (κ3) is 4.70. The number of rotatable bonds is 6. The number of carbonyl (C=O) groups is 1. The third-order valence-corrected chi connectivity index (χ3v) is 4.61. The summed E-state index contributed by atoms with van der Waals surface area (Å²) in [6, 6.07) is 4.30. The number of nitrogens with zero attached hydrogens (tertiary/aromatic N) is 1. The number of carboxylic acid groups (broad SMARTS) is 1. The van der Waals surface area contributed by atoms with E-state index in [-0.39, 0.29) is 27.8 Å². The van der Waals surface area contributed by atoms with E-state index >= 15 is 0 Å². The fourth-order valence-corrected chi connectivity index (χ4v) is 3.46. The number of sulfonamides is 1. The van der Waals surface area contributed by atoms with Crippen LogP contribution in [0.2, 0.25) is 5.02 Å². The Morgan fingerprint density at radius 1 is 1.48 bits per heavy atom. The Labute approximate surface area is 128 Å². The average Bonchev–Trinajstić information content (AvgIpc) is 2.36. The number of hydrogen-bond acceptors (Lipinski definition) is 4. The average molecular weight is 331 g/mol. The summed E-state index contributed by atoms with van der Waals surface area (Å²) in [5.74, 6) is -1.25. The highest BCUT2D eigenvalue weighted by atomic mass is 35.5. The third-order valence-electron chi connectivity index (χ3n) is 2.65. The topological polar surface area (TPSA) is 107 Å². The van der Waals surface area contributed by atoms with Gasteiger partial charge in [0.15, 0.2) is 0 Å². The van der Waals surface area contributed by atoms with Crippen LogP contribution in [0.3, 0.4) is 0 Å². The van der Waals surface area contributed by atoms with Crippen molar-refractivity contribution in [2.45, 2.75) is 31.2 Å². The zero-order valence-electron chi connectivity index (χ0n) is 11.5. The molecule has 0 radical (unpaired) electrons. The second-order valence-corrected chi connectivity index (χ2v) is 6.99. The van der Waals surface area contributed by atoms with Crippen LogP contribution < -0.4 is 4.72 Å². The van der Waals surface area contributed by atoms with Crippen molar-refractivity contribution in [3.8, 4) is 6.07 Å². The zero-order chi connectivity index (χ0) is 16.2. The van der Waals surface area contributed by atoms with E-state index in [1.54, 1.807) is 13.8 Å². The molecule has 8 heteroatoms. The van der Waals surface area contributed by atoms with Crippen LogP contribution in [-0.4, -0.2) is 25.5 Å². The van der Waals surface area contributed by atoms with Crippen LogP contribution in [-0.2, 0) is 14.8 Å². The van der Waals surface area contributed by atoms with Gasteiger partial charge in [0, 0.05) is 0 Å². The SMILES string of the molecule is CC(C)C[C@H](NS(=O)(=O)c1ccc(C#N)cc1Cl)C(=O)O. The van der Waals surface area contributed by atoms with Gasteiger partial charge in [-0.25, -0.2) is 8.42 Å². The molecular weight excluding hydrogens is 316 g/mol. The summed E-state index contributed by atoms with van der Waals surface area (Å²) in [6.07, 6.45) is 0.155. The van der Waals surface area contributed by atoms with Gasteiger partial charge >= 0.3 is 5.97 Å². The summed E-state index contributed by atoms with van der Waals surface area (Å²) in [5, 5.41) is 17.7. The molecule has 0 fully saturated rings. The molecule has 0 aliphatic carbocycles. The van der Waals surface area contributed by atoms with Crippen LogP contribution in [0, 0.1) is 17.2 Å². The van der Waals surface area contributed by atoms with Crippen molar-refractivity contribution in [2.75, 3.05) is 0 Å². The summed E-state index contributed by atoms with van der Waals surface area (Å²) in [4.78, 5) is 10.9. The molecule has 0 saturated heterocycles. The van der Waals surface area contributed by atoms with Crippen molar-refractivity contribution in [1.29, 1.82) is 5.26 Å². The molecule has 0 aliphatic heterocycles. The maximum absolute atomic E-state index is 12.2. The molecule has 1 aromatic rings. The lowest BCUT2D eigenvalue weighted by atomic mass is 10.1. The first kappa shape index (κ1) is 17.4. The zero-order valence-corrected chi connectivity index (χ0v) is 13.1. The lowest BCUT2D eigenvalue weighted by Gasteiger charge is -2.17. The highest BCUT2D eigenvalue weighted by Crippen LogP contribution is 2.23. The molecule has 21 heavy (non-hydrogen) atoms. The van der Waals surface area contributed by atoms with Crippen LogP contribution in [0.1, 0.15) is 25.8 Å². The first-order valence-electron chi connectivity index (χ1n) is 6.12. The Hall–Kier alpha value is -1.62. The van der Waals surface area contributed by atoms with Crippen LogP contribution in [0.15, 0.2) is 23.1 Å². The molecule has 0 amide bonds. The van der Waals surface area contributed by atoms with E-state index < -0.39 is 22.0 Å². The van der Waals surface area contributed by atoms with E-state index in [1.807, 2.05) is 6.07 Å². The molecule has 1 rings (SSSR count). The van der Waals surface area contributed by atoms with Gasteiger partial charge in [0.1, 0.15) is 10.9 Å². The summed E-state index contributed by atoms with van der Waals surface area (Å²) < 4.78 is 26.5. The van der Waals surface area contributed by atoms with Crippen molar-refractivity contribution in [2.24, 2.45) is 5.92 Å². The van der Waals surface area contributed by atoms with Crippen molar-refractivity contribution < 1.29 is 18.3 Å². The molecule has 1 atom stereocenters. The van der Waals surface area contributed by atoms with Crippen LogP contribution in [0.5, 0.6) is 0 Å². The maximum Gasteiger partial charge on any atom is 0.321 e. The number of benzene rings is 1. The van der Waals surface area contributed by atoms with Crippen LogP contribution in [0.4, 0.5) is 0 Å². The Bertz CT molecular complexity index is 680. The summed E-state index contributed by atoms with van der Waals surface area (Å²) in [6.45, 7) is 3.58. The molecule has 0 aromatic heterocycles. The number of aliphatic carboxylic acids is 1. The van der Waals surface area contributed by atoms with Crippen LogP contribution >= 0.6 is 11.6 Å². The lowest BCUT2D eigenvalue weighted by Crippen LogP contribution is -2.41. The summed E-state index contributed by atoms with van der Waals surface area (Å²) >= 11 is 5.84. The smallest absolute Gasteiger partial charge is 0.321 e. The van der Waals surface area contributed by atoms with Gasteiger partial charge in [-0.3, -0.25) is 4.79 Å². The standard InChI is InChI=1S/C13H15ClN2O4S/c1-8(2)5-11(13(17)18)16-21(19,20)12-4-3-9(7-15)6-10(12)14/h3-4,6,8,11,16H,5H2,1-2H3,(H,17,18)/t11-/m0/s1. The molecule has 0 bridgehead atoms. The number of hydrogen-bond donors (Lipinski definition) is 2. The first-order valence-corrected chi connectivity index (χ1v) is 7.98. The normalized spacial score (nSPS) is 12.9. The van der Waals surface area contributed by atoms with E-state index in [9.17, 15) is 13.2 Å². The van der Waals surface area contributed by atoms with Gasteiger partial charge in [-0.2, -0.15) is 9.98 Å². The second kappa shape index (κ2) is 6.89. The predicted octanol–water partition coefficient (Wildman–Crippen LogP) is 1.99. The van der Waals surface area contributed by atoms with E-state index in [4.69, 9.17) is 22.0 Å². The van der Waals surface area contributed by atoms with E-state index in [2.05, 4.69) is 4.72 Å². The van der Waals surface area contributed by atoms with Crippen molar-refractivity contribution in [3.63, 3.8) is 0 Å². The summed E-state index contributed by atoms with van der Waals surface area (Å²) in [5.41, 5.74) is 0.218. The minimum atomic E-state index is -4.08. The Balaban J connectivity index is 3.11. The monoisotopic (exact) mass is 330 g/mol. The molecule has 0 spiro atoms. The molecule has 0 aliphatic rings. The van der Waals surface area contributed by atoms with E-state index in [0.29, 0.717) is 0 Å². The number of nitriles is 1. The molecule has 0 heterocycles. The van der Waals surface area contributed by atoms with Gasteiger partial charge in [0.25, 0.3) is 0 Å². The van der Waals surface area contributed by atoms with Gasteiger partial charge in [0.05, 0.1) is 16.7 Å². The fraction of sp³-hybridized carbons (Fsp3) is 0.385. The van der Waals surface area contributed by atoms with E-state index in [1.165, 1.54) is 18.2 Å². The Kier molecular flexibility index (Phi) is 5.72. The molecular formula is C13H15ClN2O4S. The fourth-order valence-electron chi connectivity index (χ4n) is 1.71. The maximum atomic E-state index is 12.2. The lowest BCUT2D eigenvalue weighted by molar-refractivity contribution is -0.139. The highest BCUT2D eigenvalue weighted by molar-refractivity contribution is 7.89. The minimum Gasteiger partial charge on any atom is -0.480 e. The van der Waals surface area contributed by atoms with Crippen molar-refractivity contribution in [1.82, 2.24) is 4.72 Å². The highest BCUT2D eigenvalue weighted by Gasteiger charge is 2.27. The first-order chi connectivity index (χ1) is 9.67. The van der Waals surface area contributed by atoms with Gasteiger partial charge in [-0.15, -0.1) is 0 Å². The van der Waals surface area contributed by atoms with Gasteiger partial charge < -0.3 is 5.11 Å². The van der Waals surface area contributed by atoms with Crippen LogP contribution in [0.25, 0.3) is 0 Å². The molecule has 0 saturated carbocycles. The number of nitrogens with one attached hydrogen (secondary N) is 1. The van der Waals surface area contributed by atoms with Gasteiger partial charge in [0.2, 0.25) is 10.0 Å². The minimum absolute atomic E-state index is 0.00485.